The Morgan fingerprint density at radius 3 is 0.840 bits per heavy atom. The number of unbranched alkanes of at least 4 members (excludes halogenated alkanes) is 32. The Morgan fingerprint density at radius 1 is 0.274 bits per heavy atom. The number of aliphatic hydroxyl groups is 1. The van der Waals surface area contributed by atoms with Gasteiger partial charge in [-0.1, -0.05) is 342 Å². The monoisotopic (exact) mass is 1530 g/mol. The molecule has 0 heterocycles. The van der Waals surface area contributed by atoms with E-state index in [1.54, 1.807) is 0 Å². The van der Waals surface area contributed by atoms with Crippen molar-refractivity contribution in [3.8, 4) is 0 Å². The van der Waals surface area contributed by atoms with Crippen LogP contribution in [0.25, 0.3) is 0 Å². The third kappa shape index (κ3) is 77.6. The summed E-state index contributed by atoms with van der Waals surface area (Å²) < 4.78 is 68.6. The highest BCUT2D eigenvalue weighted by molar-refractivity contribution is 7.47. The molecule has 0 spiro atoms. The number of esters is 4. The first-order valence-electron chi connectivity index (χ1n) is 41.8. The summed E-state index contributed by atoms with van der Waals surface area (Å²) in [6, 6.07) is 0. The third-order valence-corrected chi connectivity index (χ3v) is 19.4. The van der Waals surface area contributed by atoms with Crippen LogP contribution in [0.4, 0.5) is 0 Å². The first-order valence-corrected chi connectivity index (χ1v) is 44.8. The molecule has 0 saturated heterocycles. The fourth-order valence-corrected chi connectivity index (χ4v) is 12.7. The van der Waals surface area contributed by atoms with Crippen LogP contribution in [0.1, 0.15) is 349 Å². The molecular formula is C87H150O17P2. The molecule has 0 bridgehead atoms. The second-order valence-electron chi connectivity index (χ2n) is 27.7. The summed E-state index contributed by atoms with van der Waals surface area (Å²) in [6.07, 6.45) is 87.6. The SMILES string of the molecule is CC/C=C\C/C=C\C/C=C\C/C=C\C/C=C\C/C=C\CCC(=O)OC[C@H](COP(=O)(O)OC[C@@H](O)COP(=O)(O)OC[C@@H](COC(=O)CCC/C=C\C/C=C\C/C=C\C/C=C\CCCCC)OC(=O)CCCCCCCCCCCCCCCCC)OC(=O)CCCCCCCCCCCCCCCCC. The molecule has 610 valence electrons. The Labute approximate surface area is 644 Å². The van der Waals surface area contributed by atoms with Crippen LogP contribution in [0.2, 0.25) is 0 Å². The lowest BCUT2D eigenvalue weighted by molar-refractivity contribution is -0.161. The average Bonchev–Trinajstić information content (AvgIpc) is 0.909. The molecule has 0 saturated carbocycles. The van der Waals surface area contributed by atoms with Gasteiger partial charge in [-0.05, 0) is 103 Å². The minimum absolute atomic E-state index is 0.0356. The van der Waals surface area contributed by atoms with Crippen molar-refractivity contribution in [3.63, 3.8) is 0 Å². The fraction of sp³-hybridized carbons (Fsp3) is 0.724. The van der Waals surface area contributed by atoms with Gasteiger partial charge in [0.05, 0.1) is 26.4 Å². The minimum atomic E-state index is -5.00. The summed E-state index contributed by atoms with van der Waals surface area (Å²) in [5.74, 6) is -2.32. The Hall–Kier alpha value is -4.54. The molecule has 0 rings (SSSR count). The number of hydrogen-bond acceptors (Lipinski definition) is 15. The molecule has 0 radical (unpaired) electrons. The molecule has 0 fully saturated rings. The van der Waals surface area contributed by atoms with E-state index < -0.39 is 97.5 Å². The van der Waals surface area contributed by atoms with Crippen LogP contribution in [0.5, 0.6) is 0 Å². The number of aliphatic hydroxyl groups excluding tert-OH is 1. The van der Waals surface area contributed by atoms with Gasteiger partial charge in [0, 0.05) is 25.7 Å². The quantitative estimate of drug-likeness (QED) is 0.0169. The second-order valence-corrected chi connectivity index (χ2v) is 30.6. The van der Waals surface area contributed by atoms with E-state index in [1.165, 1.54) is 148 Å². The van der Waals surface area contributed by atoms with Crippen LogP contribution in [0, 0.1) is 0 Å². The predicted molar refractivity (Wildman–Crippen MR) is 436 cm³/mol. The van der Waals surface area contributed by atoms with E-state index in [-0.39, 0.29) is 25.7 Å². The first kappa shape index (κ1) is 101. The molecule has 0 aromatic heterocycles. The van der Waals surface area contributed by atoms with Crippen LogP contribution in [0.15, 0.2) is 122 Å². The smallest absolute Gasteiger partial charge is 0.462 e. The summed E-state index contributed by atoms with van der Waals surface area (Å²) in [7, 11) is -9.99. The van der Waals surface area contributed by atoms with Crippen LogP contribution in [0.3, 0.4) is 0 Å². The van der Waals surface area contributed by atoms with Crippen LogP contribution in [-0.4, -0.2) is 96.7 Å². The van der Waals surface area contributed by atoms with Crippen LogP contribution >= 0.6 is 15.6 Å². The summed E-state index contributed by atoms with van der Waals surface area (Å²) in [5.41, 5.74) is 0. The Bertz CT molecular complexity index is 2480. The topological polar surface area (TPSA) is 237 Å². The Morgan fingerprint density at radius 2 is 0.519 bits per heavy atom. The van der Waals surface area contributed by atoms with Gasteiger partial charge in [-0.3, -0.25) is 37.3 Å². The van der Waals surface area contributed by atoms with Gasteiger partial charge < -0.3 is 33.8 Å². The van der Waals surface area contributed by atoms with Crippen molar-refractivity contribution in [3.05, 3.63) is 122 Å². The van der Waals surface area contributed by atoms with E-state index in [1.807, 2.05) is 30.4 Å². The average molecular weight is 1530 g/mol. The number of allylic oxidation sites excluding steroid dienone is 20. The number of rotatable bonds is 78. The van der Waals surface area contributed by atoms with E-state index in [2.05, 4.69) is 119 Å². The standard InChI is InChI=1S/C87H150O17P2/c1-5-9-13-17-21-25-29-33-37-39-40-42-46-48-52-56-60-64-68-72-85(90)98-78-83(104-87(92)74-70-66-62-58-54-50-44-36-32-28-24-20-16-12-8-4)80-102-106(95,96)100-76-81(88)75-99-105(93,94)101-79-82(103-86(91)73-69-65-61-57-53-49-43-35-31-27-23-19-15-11-7-3)77-97-84(89)71-67-63-59-55-51-47-45-41-38-34-30-26-22-18-14-10-6-2/h9,13,21-22,25-26,33-34,37-38,40,42,45,47-48,52,55,59-60,64,81-83,88H,5-8,10-12,14-20,23-24,27-32,35-36,39,41,43-44,46,49-51,53-54,56-58,61-63,65-80H2,1-4H3,(H,93,94)(H,95,96)/b13-9-,25-21-,26-22-,37-33-,38-34-,42-40-,47-45-,52-48-,59-55-,64-60-/t81-,82+,83+/m0/s1. The predicted octanol–water partition coefficient (Wildman–Crippen LogP) is 24.7. The van der Waals surface area contributed by atoms with Gasteiger partial charge in [-0.25, -0.2) is 9.13 Å². The maximum Gasteiger partial charge on any atom is 0.472 e. The molecule has 19 heteroatoms. The molecule has 0 aromatic carbocycles. The van der Waals surface area contributed by atoms with Gasteiger partial charge in [0.2, 0.25) is 0 Å². The van der Waals surface area contributed by atoms with Crippen molar-refractivity contribution in [2.45, 2.75) is 367 Å². The maximum atomic E-state index is 13.1. The number of carbonyl (C=O) groups is 4. The van der Waals surface area contributed by atoms with Gasteiger partial charge in [0.15, 0.2) is 12.2 Å². The van der Waals surface area contributed by atoms with Gasteiger partial charge in [-0.15, -0.1) is 0 Å². The molecule has 17 nitrogen and oxygen atoms in total. The van der Waals surface area contributed by atoms with Gasteiger partial charge in [0.25, 0.3) is 0 Å². The molecule has 0 aliphatic carbocycles. The molecule has 5 atom stereocenters. The fourth-order valence-electron chi connectivity index (χ4n) is 11.1. The Balaban J connectivity index is 5.45. The molecule has 0 amide bonds. The molecular weight excluding hydrogens is 1380 g/mol. The van der Waals surface area contributed by atoms with E-state index >= 15 is 0 Å². The van der Waals surface area contributed by atoms with Crippen LogP contribution in [-0.2, 0) is 65.4 Å². The second kappa shape index (κ2) is 78.6. The number of carbonyl (C=O) groups excluding carboxylic acids is 4. The summed E-state index contributed by atoms with van der Waals surface area (Å²) >= 11 is 0. The highest BCUT2D eigenvalue weighted by atomic mass is 31.2. The lowest BCUT2D eigenvalue weighted by Crippen LogP contribution is -2.30. The summed E-state index contributed by atoms with van der Waals surface area (Å²) in [4.78, 5) is 73.1. The number of phosphoric ester groups is 2. The summed E-state index contributed by atoms with van der Waals surface area (Å²) in [6.45, 7) is 4.64. The highest BCUT2D eigenvalue weighted by Crippen LogP contribution is 2.45. The lowest BCUT2D eigenvalue weighted by atomic mass is 10.0. The first-order chi connectivity index (χ1) is 51.7. The number of phosphoric acid groups is 2. The molecule has 0 aromatic rings. The van der Waals surface area contributed by atoms with Crippen LogP contribution < -0.4 is 0 Å². The zero-order valence-corrected chi connectivity index (χ0v) is 68.6. The maximum absolute atomic E-state index is 13.1. The van der Waals surface area contributed by atoms with Crippen molar-refractivity contribution in [1.82, 2.24) is 0 Å². The summed E-state index contributed by atoms with van der Waals surface area (Å²) in [5, 5.41) is 10.7. The highest BCUT2D eigenvalue weighted by Gasteiger charge is 2.30. The largest absolute Gasteiger partial charge is 0.472 e. The van der Waals surface area contributed by atoms with E-state index in [9.17, 15) is 43.2 Å². The third-order valence-electron chi connectivity index (χ3n) is 17.5. The van der Waals surface area contributed by atoms with E-state index in [4.69, 9.17) is 37.0 Å². The number of hydrogen-bond donors (Lipinski definition) is 3. The van der Waals surface area contributed by atoms with E-state index in [0.717, 1.165) is 109 Å². The molecule has 0 aliphatic rings. The molecule has 3 N–H and O–H groups in total. The molecule has 106 heavy (non-hydrogen) atoms. The minimum Gasteiger partial charge on any atom is -0.462 e. The molecule has 0 aliphatic heterocycles. The van der Waals surface area contributed by atoms with Gasteiger partial charge in [0.1, 0.15) is 19.3 Å². The van der Waals surface area contributed by atoms with Crippen molar-refractivity contribution >= 4 is 39.5 Å². The van der Waals surface area contributed by atoms with Crippen molar-refractivity contribution in [2.24, 2.45) is 0 Å². The number of ether oxygens (including phenoxy) is 4. The van der Waals surface area contributed by atoms with Gasteiger partial charge in [-0.2, -0.15) is 0 Å². The van der Waals surface area contributed by atoms with Crippen molar-refractivity contribution < 1.29 is 80.2 Å². The lowest BCUT2D eigenvalue weighted by Gasteiger charge is -2.21. The zero-order valence-electron chi connectivity index (χ0n) is 66.8. The van der Waals surface area contributed by atoms with Crippen molar-refractivity contribution in [2.75, 3.05) is 39.6 Å². The molecule has 2 unspecified atom stereocenters. The Kier molecular flexibility index (Phi) is 75.2. The zero-order chi connectivity index (χ0) is 77.4. The van der Waals surface area contributed by atoms with Gasteiger partial charge >= 0.3 is 39.5 Å². The van der Waals surface area contributed by atoms with E-state index in [0.29, 0.717) is 38.5 Å². The normalized spacial score (nSPS) is 14.4. The van der Waals surface area contributed by atoms with Crippen molar-refractivity contribution in [1.29, 1.82) is 0 Å².